The van der Waals surface area contributed by atoms with Gasteiger partial charge in [0.15, 0.2) is 5.96 Å². The molecule has 3 N–H and O–H groups in total. The number of benzene rings is 1. The van der Waals surface area contributed by atoms with E-state index in [4.69, 9.17) is 15.2 Å². The molecule has 1 saturated heterocycles. The lowest BCUT2D eigenvalue weighted by Gasteiger charge is -2.31. The van der Waals surface area contributed by atoms with Gasteiger partial charge in [0.25, 0.3) is 0 Å². The van der Waals surface area contributed by atoms with Gasteiger partial charge >= 0.3 is 6.09 Å². The summed E-state index contributed by atoms with van der Waals surface area (Å²) >= 11 is 0. The lowest BCUT2D eigenvalue weighted by atomic mass is 10.1. The first-order valence-electron chi connectivity index (χ1n) is 9.74. The second-order valence-electron chi connectivity index (χ2n) is 6.77. The number of carbonyl (C=O) groups excluding carboxylic acids is 1. The van der Waals surface area contributed by atoms with Crippen LogP contribution in [0.1, 0.15) is 44.2 Å². The fraction of sp³-hybridized carbons (Fsp3) is 0.600. The molecule has 1 aromatic carbocycles. The minimum atomic E-state index is -0.239. The smallest absolute Gasteiger partial charge is 0.409 e. The van der Waals surface area contributed by atoms with E-state index in [2.05, 4.69) is 23.3 Å². The van der Waals surface area contributed by atoms with E-state index in [1.165, 1.54) is 0 Å². The second-order valence-corrected chi connectivity index (χ2v) is 6.77. The van der Waals surface area contributed by atoms with Gasteiger partial charge in [0, 0.05) is 24.7 Å². The van der Waals surface area contributed by atoms with E-state index in [0.29, 0.717) is 38.8 Å². The van der Waals surface area contributed by atoms with Crippen LogP contribution in [0.3, 0.4) is 0 Å². The van der Waals surface area contributed by atoms with Gasteiger partial charge in [0.05, 0.1) is 19.8 Å². The molecular weight excluding hydrogens is 471 g/mol. The number of aryl methyl sites for hydroxylation is 1. The van der Waals surface area contributed by atoms with Crippen LogP contribution in [-0.4, -0.2) is 49.3 Å². The van der Waals surface area contributed by atoms with E-state index in [1.54, 1.807) is 4.90 Å². The number of likely N-dealkylation sites (tertiary alicyclic amines) is 1. The summed E-state index contributed by atoms with van der Waals surface area (Å²) in [6.45, 7) is 8.84. The van der Waals surface area contributed by atoms with Crippen molar-refractivity contribution in [2.24, 2.45) is 10.7 Å². The molecule has 0 radical (unpaired) electrons. The minimum absolute atomic E-state index is 0. The van der Waals surface area contributed by atoms with Crippen molar-refractivity contribution in [2.45, 2.75) is 52.6 Å². The zero-order valence-electron chi connectivity index (χ0n) is 17.1. The van der Waals surface area contributed by atoms with Gasteiger partial charge in [0.2, 0.25) is 0 Å². The van der Waals surface area contributed by atoms with Crippen LogP contribution in [0.25, 0.3) is 0 Å². The van der Waals surface area contributed by atoms with Gasteiger partial charge < -0.3 is 25.4 Å². The number of guanidine groups is 1. The van der Waals surface area contributed by atoms with Crippen molar-refractivity contribution < 1.29 is 14.3 Å². The highest BCUT2D eigenvalue weighted by atomic mass is 127. The van der Waals surface area contributed by atoms with Crippen LogP contribution in [0.15, 0.2) is 23.2 Å². The molecule has 0 bridgehead atoms. The maximum Gasteiger partial charge on any atom is 0.409 e. The Balaban J connectivity index is 0.00000392. The number of piperidine rings is 1. The van der Waals surface area contributed by atoms with Gasteiger partial charge in [-0.15, -0.1) is 24.0 Å². The maximum atomic E-state index is 11.7. The summed E-state index contributed by atoms with van der Waals surface area (Å²) in [7, 11) is 0. The molecule has 2 rings (SSSR count). The fourth-order valence-corrected chi connectivity index (χ4v) is 2.99. The molecule has 1 aromatic rings. The van der Waals surface area contributed by atoms with Crippen LogP contribution in [0.5, 0.6) is 5.75 Å². The largest absolute Gasteiger partial charge is 0.493 e. The highest BCUT2D eigenvalue weighted by Crippen LogP contribution is 2.21. The average Bonchev–Trinajstić information content (AvgIpc) is 2.66. The Kier molecular flexibility index (Phi) is 11.0. The molecular formula is C20H33IN4O3. The number of halogens is 1. The van der Waals surface area contributed by atoms with E-state index < -0.39 is 0 Å². The van der Waals surface area contributed by atoms with Crippen LogP contribution in [0, 0.1) is 6.92 Å². The van der Waals surface area contributed by atoms with Crippen LogP contribution < -0.4 is 15.8 Å². The Labute approximate surface area is 185 Å². The summed E-state index contributed by atoms with van der Waals surface area (Å²) in [5.74, 6) is 1.29. The summed E-state index contributed by atoms with van der Waals surface area (Å²) in [6, 6.07) is 6.34. The van der Waals surface area contributed by atoms with Gasteiger partial charge in [-0.3, -0.25) is 0 Å². The van der Waals surface area contributed by atoms with Gasteiger partial charge in [-0.25, -0.2) is 9.79 Å². The monoisotopic (exact) mass is 504 g/mol. The molecule has 8 heteroatoms. The van der Waals surface area contributed by atoms with E-state index >= 15 is 0 Å². The van der Waals surface area contributed by atoms with E-state index in [-0.39, 0.29) is 36.1 Å². The predicted octanol–water partition coefficient (Wildman–Crippen LogP) is 3.43. The summed E-state index contributed by atoms with van der Waals surface area (Å²) in [5.41, 5.74) is 8.25. The molecule has 28 heavy (non-hydrogen) atoms. The molecule has 0 unspecified atom stereocenters. The lowest BCUT2D eigenvalue weighted by molar-refractivity contribution is 0.0963. The molecule has 1 fully saturated rings. The molecule has 0 aliphatic carbocycles. The van der Waals surface area contributed by atoms with Crippen LogP contribution >= 0.6 is 24.0 Å². The van der Waals surface area contributed by atoms with Crippen molar-refractivity contribution in [3.8, 4) is 5.75 Å². The molecule has 0 aromatic heterocycles. The highest BCUT2D eigenvalue weighted by Gasteiger charge is 2.23. The topological polar surface area (TPSA) is 89.2 Å². The molecule has 1 heterocycles. The second kappa shape index (κ2) is 12.7. The Morgan fingerprint density at radius 3 is 2.68 bits per heavy atom. The molecule has 7 nitrogen and oxygen atoms in total. The molecule has 1 aliphatic rings. The van der Waals surface area contributed by atoms with Gasteiger partial charge in [-0.05, 0) is 44.7 Å². The molecule has 0 spiro atoms. The maximum absolute atomic E-state index is 11.7. The fourth-order valence-electron chi connectivity index (χ4n) is 2.99. The Morgan fingerprint density at radius 1 is 1.32 bits per heavy atom. The van der Waals surface area contributed by atoms with Crippen molar-refractivity contribution in [2.75, 3.05) is 26.3 Å². The minimum Gasteiger partial charge on any atom is -0.493 e. The third-order valence-electron chi connectivity index (χ3n) is 4.48. The number of amides is 1. The number of nitrogens with zero attached hydrogens (tertiary/aromatic N) is 2. The Bertz CT molecular complexity index is 646. The first kappa shape index (κ1) is 24.3. The van der Waals surface area contributed by atoms with E-state index in [0.717, 1.165) is 36.1 Å². The summed E-state index contributed by atoms with van der Waals surface area (Å²) < 4.78 is 10.9. The van der Waals surface area contributed by atoms with Crippen molar-refractivity contribution in [1.82, 2.24) is 10.2 Å². The van der Waals surface area contributed by atoms with Crippen molar-refractivity contribution in [3.05, 3.63) is 29.3 Å². The molecule has 0 atom stereocenters. The van der Waals surface area contributed by atoms with Crippen LogP contribution in [-0.2, 0) is 11.3 Å². The van der Waals surface area contributed by atoms with Gasteiger partial charge in [-0.1, -0.05) is 19.1 Å². The Morgan fingerprint density at radius 2 is 2.04 bits per heavy atom. The standard InChI is InChI=1S/C20H32N4O3.HI/c1-4-12-27-18-13-15(3)6-7-16(18)14-22-19(21)23-17-8-10-24(11-9-17)20(25)26-5-2;/h6-7,13,17H,4-5,8-12,14H2,1-3H3,(H3,21,22,23);1H. The normalized spacial score (nSPS) is 15.0. The number of aliphatic imine (C=N–C) groups is 1. The summed E-state index contributed by atoms with van der Waals surface area (Å²) in [6.07, 6.45) is 2.37. The number of rotatable bonds is 7. The zero-order chi connectivity index (χ0) is 19.6. The average molecular weight is 504 g/mol. The number of hydrogen-bond acceptors (Lipinski definition) is 4. The highest BCUT2D eigenvalue weighted by molar-refractivity contribution is 14.0. The number of carbonyl (C=O) groups is 1. The quantitative estimate of drug-likeness (QED) is 0.338. The molecule has 1 aliphatic heterocycles. The summed E-state index contributed by atoms with van der Waals surface area (Å²) in [5, 5.41) is 3.26. The van der Waals surface area contributed by atoms with E-state index in [9.17, 15) is 4.79 Å². The Hall–Kier alpha value is -1.71. The SMILES string of the molecule is CCCOc1cc(C)ccc1CN=C(N)NC1CCN(C(=O)OCC)CC1.I. The third kappa shape index (κ3) is 7.73. The number of hydrogen-bond donors (Lipinski definition) is 2. The predicted molar refractivity (Wildman–Crippen MR) is 122 cm³/mol. The van der Waals surface area contributed by atoms with Crippen molar-refractivity contribution >= 4 is 36.0 Å². The number of ether oxygens (including phenoxy) is 2. The lowest BCUT2D eigenvalue weighted by Crippen LogP contribution is -2.48. The van der Waals surface area contributed by atoms with Crippen molar-refractivity contribution in [3.63, 3.8) is 0 Å². The zero-order valence-corrected chi connectivity index (χ0v) is 19.4. The first-order chi connectivity index (χ1) is 13.0. The van der Waals surface area contributed by atoms with E-state index in [1.807, 2.05) is 26.0 Å². The first-order valence-corrected chi connectivity index (χ1v) is 9.74. The molecule has 0 saturated carbocycles. The number of nitrogens with two attached hydrogens (primary N) is 1. The third-order valence-corrected chi connectivity index (χ3v) is 4.48. The molecule has 158 valence electrons. The molecule has 1 amide bonds. The van der Waals surface area contributed by atoms with Crippen LogP contribution in [0.2, 0.25) is 0 Å². The van der Waals surface area contributed by atoms with Gasteiger partial charge in [-0.2, -0.15) is 0 Å². The van der Waals surface area contributed by atoms with Crippen molar-refractivity contribution in [1.29, 1.82) is 0 Å². The summed E-state index contributed by atoms with van der Waals surface area (Å²) in [4.78, 5) is 17.9. The van der Waals surface area contributed by atoms with Crippen LogP contribution in [0.4, 0.5) is 4.79 Å². The number of nitrogens with one attached hydrogen (secondary N) is 1. The van der Waals surface area contributed by atoms with Gasteiger partial charge in [0.1, 0.15) is 5.75 Å².